The first-order valence-electron chi connectivity index (χ1n) is 12.0. The van der Waals surface area contributed by atoms with Gasteiger partial charge in [0.25, 0.3) is 10.1 Å². The zero-order valence-electron chi connectivity index (χ0n) is 19.0. The molecule has 4 heteroatoms. The molecule has 0 radical (unpaired) electrons. The standard InChI is InChI=1S/C26H40O3S/c1-3-5-7-9-11-13-15-22-17-19-24-25(21-22)23(16-14-12-10-8-6-4-2)18-20-26(24)30(27,28)29/h17-21H,3-16H2,1-2H3,(H,27,28,29). The van der Waals surface area contributed by atoms with E-state index >= 15 is 0 Å². The Balaban J connectivity index is 2.12. The lowest BCUT2D eigenvalue weighted by molar-refractivity contribution is 0.484. The van der Waals surface area contributed by atoms with Crippen LogP contribution in [0.15, 0.2) is 35.2 Å². The molecule has 168 valence electrons. The van der Waals surface area contributed by atoms with Crippen molar-refractivity contribution in [2.24, 2.45) is 0 Å². The van der Waals surface area contributed by atoms with E-state index in [4.69, 9.17) is 0 Å². The number of fused-ring (bicyclic) bond motifs is 1. The minimum absolute atomic E-state index is 0.0234. The quantitative estimate of drug-likeness (QED) is 0.230. The molecule has 0 spiro atoms. The van der Waals surface area contributed by atoms with Gasteiger partial charge in [-0.25, -0.2) is 0 Å². The Hall–Kier alpha value is -1.39. The van der Waals surface area contributed by atoms with Gasteiger partial charge in [0, 0.05) is 5.39 Å². The molecule has 30 heavy (non-hydrogen) atoms. The maximum atomic E-state index is 11.9. The molecule has 2 aromatic rings. The molecule has 0 aliphatic heterocycles. The highest BCUT2D eigenvalue weighted by molar-refractivity contribution is 7.86. The van der Waals surface area contributed by atoms with Gasteiger partial charge in [0.15, 0.2) is 0 Å². The van der Waals surface area contributed by atoms with Crippen LogP contribution < -0.4 is 0 Å². The number of hydrogen-bond acceptors (Lipinski definition) is 2. The predicted molar refractivity (Wildman–Crippen MR) is 128 cm³/mol. The van der Waals surface area contributed by atoms with E-state index in [-0.39, 0.29) is 4.90 Å². The van der Waals surface area contributed by atoms with Crippen LogP contribution in [0.2, 0.25) is 0 Å². The van der Waals surface area contributed by atoms with Gasteiger partial charge in [-0.05, 0) is 48.3 Å². The van der Waals surface area contributed by atoms with Gasteiger partial charge in [0.05, 0.1) is 0 Å². The van der Waals surface area contributed by atoms with Crippen LogP contribution in [0.5, 0.6) is 0 Å². The number of hydrogen-bond donors (Lipinski definition) is 1. The molecule has 2 rings (SSSR count). The van der Waals surface area contributed by atoms with E-state index in [1.165, 1.54) is 81.8 Å². The van der Waals surface area contributed by atoms with Crippen molar-refractivity contribution in [1.82, 2.24) is 0 Å². The minimum Gasteiger partial charge on any atom is -0.282 e. The van der Waals surface area contributed by atoms with E-state index in [1.54, 1.807) is 6.07 Å². The summed E-state index contributed by atoms with van der Waals surface area (Å²) in [6, 6.07) is 9.53. The van der Waals surface area contributed by atoms with Crippen molar-refractivity contribution in [3.63, 3.8) is 0 Å². The van der Waals surface area contributed by atoms with Crippen molar-refractivity contribution in [3.8, 4) is 0 Å². The molecule has 0 unspecified atom stereocenters. The highest BCUT2D eigenvalue weighted by Crippen LogP contribution is 2.29. The third-order valence-electron chi connectivity index (χ3n) is 6.03. The van der Waals surface area contributed by atoms with Crippen LogP contribution in [0.25, 0.3) is 10.8 Å². The van der Waals surface area contributed by atoms with E-state index in [0.717, 1.165) is 24.6 Å². The summed E-state index contributed by atoms with van der Waals surface area (Å²) in [6.07, 6.45) is 17.0. The summed E-state index contributed by atoms with van der Waals surface area (Å²) in [6.45, 7) is 4.46. The van der Waals surface area contributed by atoms with Crippen molar-refractivity contribution >= 4 is 20.9 Å². The topological polar surface area (TPSA) is 54.4 Å². The molecule has 0 saturated carbocycles. The monoisotopic (exact) mass is 432 g/mol. The van der Waals surface area contributed by atoms with Crippen molar-refractivity contribution in [1.29, 1.82) is 0 Å². The van der Waals surface area contributed by atoms with E-state index < -0.39 is 10.1 Å². The fourth-order valence-corrected chi connectivity index (χ4v) is 4.93. The Labute approximate surface area is 184 Å². The van der Waals surface area contributed by atoms with Crippen LogP contribution in [-0.4, -0.2) is 13.0 Å². The van der Waals surface area contributed by atoms with Gasteiger partial charge in [0.1, 0.15) is 4.90 Å². The second-order valence-corrected chi connectivity index (χ2v) is 10.0. The van der Waals surface area contributed by atoms with Crippen LogP contribution in [0, 0.1) is 0 Å². The number of rotatable bonds is 15. The summed E-state index contributed by atoms with van der Waals surface area (Å²) in [5, 5.41) is 1.63. The van der Waals surface area contributed by atoms with Crippen LogP contribution in [0.1, 0.15) is 102 Å². The molecule has 0 amide bonds. The fourth-order valence-electron chi connectivity index (χ4n) is 4.23. The molecule has 3 nitrogen and oxygen atoms in total. The molecule has 2 aromatic carbocycles. The van der Waals surface area contributed by atoms with Crippen molar-refractivity contribution < 1.29 is 13.0 Å². The van der Waals surface area contributed by atoms with E-state index in [2.05, 4.69) is 19.9 Å². The lowest BCUT2D eigenvalue weighted by Crippen LogP contribution is -2.01. The van der Waals surface area contributed by atoms with E-state index in [9.17, 15) is 13.0 Å². The smallest absolute Gasteiger partial charge is 0.282 e. The Bertz CT molecular complexity index is 871. The number of benzene rings is 2. The van der Waals surface area contributed by atoms with Gasteiger partial charge in [0.2, 0.25) is 0 Å². The van der Waals surface area contributed by atoms with E-state index in [0.29, 0.717) is 5.39 Å². The third-order valence-corrected chi connectivity index (χ3v) is 6.94. The van der Waals surface area contributed by atoms with Gasteiger partial charge in [-0.1, -0.05) is 102 Å². The highest BCUT2D eigenvalue weighted by Gasteiger charge is 2.16. The highest BCUT2D eigenvalue weighted by atomic mass is 32.2. The summed E-state index contributed by atoms with van der Waals surface area (Å²) < 4.78 is 33.4. The fraction of sp³-hybridized carbons (Fsp3) is 0.615. The summed E-state index contributed by atoms with van der Waals surface area (Å²) in [4.78, 5) is 0.0234. The SMILES string of the molecule is CCCCCCCCc1ccc2c(S(=O)(=O)O)ccc(CCCCCCCC)c2c1. The molecule has 0 atom stereocenters. The Kier molecular flexibility index (Phi) is 10.9. The normalized spacial score (nSPS) is 12.0. The van der Waals surface area contributed by atoms with Crippen LogP contribution in [0.4, 0.5) is 0 Å². The maximum Gasteiger partial charge on any atom is 0.295 e. The number of unbranched alkanes of at least 4 members (excludes halogenated alkanes) is 10. The summed E-state index contributed by atoms with van der Waals surface area (Å²) in [7, 11) is -4.22. The second kappa shape index (κ2) is 13.1. The van der Waals surface area contributed by atoms with Crippen LogP contribution in [-0.2, 0) is 23.0 Å². The van der Waals surface area contributed by atoms with Crippen molar-refractivity contribution in [2.45, 2.75) is 109 Å². The zero-order valence-corrected chi connectivity index (χ0v) is 19.8. The van der Waals surface area contributed by atoms with Gasteiger partial charge in [-0.3, -0.25) is 4.55 Å². The Morgan fingerprint density at radius 2 is 1.23 bits per heavy atom. The van der Waals surface area contributed by atoms with E-state index in [1.807, 2.05) is 18.2 Å². The maximum absolute atomic E-state index is 11.9. The molecule has 0 heterocycles. The molecular weight excluding hydrogens is 392 g/mol. The molecule has 1 N–H and O–H groups in total. The third kappa shape index (κ3) is 8.03. The average Bonchev–Trinajstić information content (AvgIpc) is 2.72. The molecule has 0 saturated heterocycles. The molecule has 0 bridgehead atoms. The molecular formula is C26H40O3S. The molecule has 0 aromatic heterocycles. The second-order valence-electron chi connectivity index (χ2n) is 8.61. The largest absolute Gasteiger partial charge is 0.295 e. The molecule has 0 fully saturated rings. The lowest BCUT2D eigenvalue weighted by Gasteiger charge is -2.12. The van der Waals surface area contributed by atoms with Crippen molar-refractivity contribution in [3.05, 3.63) is 41.5 Å². The first-order valence-corrected chi connectivity index (χ1v) is 13.4. The van der Waals surface area contributed by atoms with Crippen LogP contribution in [0.3, 0.4) is 0 Å². The lowest BCUT2D eigenvalue weighted by atomic mass is 9.96. The molecule has 0 aliphatic rings. The molecule has 0 aliphatic carbocycles. The predicted octanol–water partition coefficient (Wildman–Crippen LogP) is 7.89. The first-order chi connectivity index (χ1) is 14.5. The van der Waals surface area contributed by atoms with Crippen LogP contribution >= 0.6 is 0 Å². The summed E-state index contributed by atoms with van der Waals surface area (Å²) >= 11 is 0. The van der Waals surface area contributed by atoms with Gasteiger partial charge in [-0.15, -0.1) is 0 Å². The number of aryl methyl sites for hydroxylation is 2. The Morgan fingerprint density at radius 1 is 0.667 bits per heavy atom. The first kappa shape index (κ1) is 24.9. The summed E-state index contributed by atoms with van der Waals surface area (Å²) in [5.41, 5.74) is 2.45. The average molecular weight is 433 g/mol. The zero-order chi connectivity index (χ0) is 21.8. The van der Waals surface area contributed by atoms with Gasteiger partial charge < -0.3 is 0 Å². The van der Waals surface area contributed by atoms with Crippen molar-refractivity contribution in [2.75, 3.05) is 0 Å². The van der Waals surface area contributed by atoms with Gasteiger partial charge >= 0.3 is 0 Å². The minimum atomic E-state index is -4.22. The Morgan fingerprint density at radius 3 is 1.83 bits per heavy atom. The van der Waals surface area contributed by atoms with Gasteiger partial charge in [-0.2, -0.15) is 8.42 Å². The summed E-state index contributed by atoms with van der Waals surface area (Å²) in [5.74, 6) is 0.